The van der Waals surface area contributed by atoms with Crippen LogP contribution >= 0.6 is 0 Å². The Balaban J connectivity index is 1.65. The number of aromatic carboxylic acids is 1. The van der Waals surface area contributed by atoms with Gasteiger partial charge < -0.3 is 10.4 Å². The second kappa shape index (κ2) is 6.50. The monoisotopic (exact) mass is 365 g/mol. The highest BCUT2D eigenvalue weighted by Gasteiger charge is 2.26. The summed E-state index contributed by atoms with van der Waals surface area (Å²) in [7, 11) is 0. The molecule has 0 radical (unpaired) electrons. The van der Waals surface area contributed by atoms with Gasteiger partial charge >= 0.3 is 5.97 Å². The molecule has 0 bridgehead atoms. The number of aryl methyl sites for hydroxylation is 1. The third kappa shape index (κ3) is 3.05. The Bertz CT molecular complexity index is 1040. The van der Waals surface area contributed by atoms with Crippen LogP contribution in [0.3, 0.4) is 0 Å². The molecule has 3 aromatic rings. The number of carboxylic acids is 1. The average Bonchev–Trinajstić information content (AvgIpc) is 3.10. The van der Waals surface area contributed by atoms with Crippen LogP contribution in [-0.4, -0.2) is 11.1 Å². The quantitative estimate of drug-likeness (QED) is 0.658. The summed E-state index contributed by atoms with van der Waals surface area (Å²) < 4.78 is 28.6. The predicted octanol–water partition coefficient (Wildman–Crippen LogP) is 5.35. The first-order valence-electron chi connectivity index (χ1n) is 8.61. The summed E-state index contributed by atoms with van der Waals surface area (Å²) in [6.45, 7) is 1.65. The third-order valence-electron chi connectivity index (χ3n) is 5.00. The van der Waals surface area contributed by atoms with E-state index in [4.69, 9.17) is 5.11 Å². The van der Waals surface area contributed by atoms with Crippen LogP contribution in [0.5, 0.6) is 0 Å². The molecule has 0 spiro atoms. The Morgan fingerprint density at radius 2 is 1.81 bits per heavy atom. The summed E-state index contributed by atoms with van der Waals surface area (Å²) in [6, 6.07) is 14.6. The van der Waals surface area contributed by atoms with Gasteiger partial charge in [-0.05, 0) is 59.9 Å². The lowest BCUT2D eigenvalue weighted by atomic mass is 9.98. The Hall–Kier alpha value is -3.21. The highest BCUT2D eigenvalue weighted by molar-refractivity contribution is 5.87. The van der Waals surface area contributed by atoms with Gasteiger partial charge in [-0.3, -0.25) is 0 Å². The van der Waals surface area contributed by atoms with Crippen molar-refractivity contribution in [1.29, 1.82) is 0 Å². The molecule has 0 saturated heterocycles. The zero-order valence-corrected chi connectivity index (χ0v) is 14.6. The first-order valence-corrected chi connectivity index (χ1v) is 8.61. The van der Waals surface area contributed by atoms with Crippen molar-refractivity contribution in [2.75, 3.05) is 5.32 Å². The van der Waals surface area contributed by atoms with E-state index in [-0.39, 0.29) is 23.2 Å². The lowest BCUT2D eigenvalue weighted by Gasteiger charge is -2.13. The maximum atomic E-state index is 15.1. The zero-order valence-electron chi connectivity index (χ0n) is 14.6. The minimum absolute atomic E-state index is 0.123. The number of hydrogen-bond donors (Lipinski definition) is 2. The predicted molar refractivity (Wildman–Crippen MR) is 100 cm³/mol. The summed E-state index contributed by atoms with van der Waals surface area (Å²) in [4.78, 5) is 11.0. The van der Waals surface area contributed by atoms with Gasteiger partial charge in [-0.25, -0.2) is 13.6 Å². The maximum Gasteiger partial charge on any atom is 0.335 e. The van der Waals surface area contributed by atoms with Crippen molar-refractivity contribution in [2.45, 2.75) is 19.4 Å². The van der Waals surface area contributed by atoms with Crippen molar-refractivity contribution in [2.24, 2.45) is 0 Å². The molecule has 27 heavy (non-hydrogen) atoms. The molecule has 0 aromatic heterocycles. The molecule has 136 valence electrons. The third-order valence-corrected chi connectivity index (χ3v) is 5.00. The van der Waals surface area contributed by atoms with Crippen LogP contribution in [0.2, 0.25) is 0 Å². The number of carbonyl (C=O) groups is 1. The molecule has 3 aromatic carbocycles. The van der Waals surface area contributed by atoms with Gasteiger partial charge in [-0.2, -0.15) is 0 Å². The molecular weight excluding hydrogens is 348 g/mol. The Labute approximate surface area is 155 Å². The van der Waals surface area contributed by atoms with Crippen molar-refractivity contribution in [3.05, 3.63) is 88.5 Å². The summed E-state index contributed by atoms with van der Waals surface area (Å²) in [5, 5.41) is 12.2. The van der Waals surface area contributed by atoms with Crippen LogP contribution in [0.4, 0.5) is 14.5 Å². The number of carboxylic acid groups (broad SMARTS) is 1. The molecule has 5 heteroatoms. The Morgan fingerprint density at radius 1 is 1.07 bits per heavy atom. The van der Waals surface area contributed by atoms with E-state index in [9.17, 15) is 9.18 Å². The Kier molecular flexibility index (Phi) is 4.15. The van der Waals surface area contributed by atoms with Crippen molar-refractivity contribution >= 4 is 11.7 Å². The molecule has 1 unspecified atom stereocenters. The van der Waals surface area contributed by atoms with E-state index in [2.05, 4.69) is 5.32 Å². The van der Waals surface area contributed by atoms with Crippen LogP contribution < -0.4 is 5.32 Å². The molecule has 1 atom stereocenters. The number of hydrogen-bond acceptors (Lipinski definition) is 2. The number of halogens is 2. The molecular formula is C22H17F2NO2. The lowest BCUT2D eigenvalue weighted by Crippen LogP contribution is -2.07. The molecule has 0 saturated carbocycles. The van der Waals surface area contributed by atoms with Gasteiger partial charge in [0.2, 0.25) is 0 Å². The molecule has 3 nitrogen and oxygen atoms in total. The standard InChI is InChI=1S/C22H17F2NO2/c1-12-10-15(7-9-18(12)23)17-8-6-16-11-19(25-21(16)20(17)24)13-2-4-14(5-3-13)22(26)27/h2-10,19,25H,11H2,1H3,(H,26,27). The van der Waals surface area contributed by atoms with Gasteiger partial charge in [-0.1, -0.05) is 30.3 Å². The summed E-state index contributed by atoms with van der Waals surface area (Å²) in [5.74, 6) is -1.65. The molecule has 1 heterocycles. The molecule has 0 fully saturated rings. The number of rotatable bonds is 3. The van der Waals surface area contributed by atoms with Crippen LogP contribution in [0.1, 0.15) is 33.1 Å². The number of nitrogens with one attached hydrogen (secondary N) is 1. The average molecular weight is 365 g/mol. The van der Waals surface area contributed by atoms with Gasteiger partial charge in [0.15, 0.2) is 5.82 Å². The SMILES string of the molecule is Cc1cc(-c2ccc3c(c2F)NC(c2ccc(C(=O)O)cc2)C3)ccc1F. The fourth-order valence-corrected chi connectivity index (χ4v) is 3.48. The first-order chi connectivity index (χ1) is 12.9. The number of benzene rings is 3. The topological polar surface area (TPSA) is 49.3 Å². The largest absolute Gasteiger partial charge is 0.478 e. The number of fused-ring (bicyclic) bond motifs is 1. The first kappa shape index (κ1) is 17.2. The second-order valence-corrected chi connectivity index (χ2v) is 6.75. The van der Waals surface area contributed by atoms with Gasteiger partial charge in [0, 0.05) is 5.56 Å². The Morgan fingerprint density at radius 3 is 2.48 bits per heavy atom. The van der Waals surface area contributed by atoms with E-state index in [0.29, 0.717) is 28.8 Å². The van der Waals surface area contributed by atoms with Crippen molar-refractivity contribution < 1.29 is 18.7 Å². The normalized spacial score (nSPS) is 15.3. The second-order valence-electron chi connectivity index (χ2n) is 6.75. The van der Waals surface area contributed by atoms with E-state index in [1.165, 1.54) is 6.07 Å². The lowest BCUT2D eigenvalue weighted by molar-refractivity contribution is 0.0697. The van der Waals surface area contributed by atoms with Crippen LogP contribution in [-0.2, 0) is 6.42 Å². The maximum absolute atomic E-state index is 15.1. The smallest absolute Gasteiger partial charge is 0.335 e. The van der Waals surface area contributed by atoms with Gasteiger partial charge in [-0.15, -0.1) is 0 Å². The van der Waals surface area contributed by atoms with Crippen LogP contribution in [0.25, 0.3) is 11.1 Å². The summed E-state index contributed by atoms with van der Waals surface area (Å²) in [5.41, 5.74) is 3.95. The zero-order chi connectivity index (χ0) is 19.1. The fraction of sp³-hybridized carbons (Fsp3) is 0.136. The summed E-state index contributed by atoms with van der Waals surface area (Å²) in [6.07, 6.45) is 0.612. The van der Waals surface area contributed by atoms with E-state index < -0.39 is 5.97 Å². The fourth-order valence-electron chi connectivity index (χ4n) is 3.48. The van der Waals surface area contributed by atoms with Gasteiger partial charge in [0.25, 0.3) is 0 Å². The van der Waals surface area contributed by atoms with E-state index in [0.717, 1.165) is 11.1 Å². The van der Waals surface area contributed by atoms with Crippen molar-refractivity contribution in [3.63, 3.8) is 0 Å². The minimum Gasteiger partial charge on any atom is -0.478 e. The highest BCUT2D eigenvalue weighted by atomic mass is 19.1. The van der Waals surface area contributed by atoms with Crippen molar-refractivity contribution in [1.82, 2.24) is 0 Å². The summed E-state index contributed by atoms with van der Waals surface area (Å²) >= 11 is 0. The van der Waals surface area contributed by atoms with E-state index in [1.54, 1.807) is 49.4 Å². The van der Waals surface area contributed by atoms with Crippen molar-refractivity contribution in [3.8, 4) is 11.1 Å². The van der Waals surface area contributed by atoms with Crippen LogP contribution in [0, 0.1) is 18.6 Å². The molecule has 1 aliphatic heterocycles. The van der Waals surface area contributed by atoms with Crippen LogP contribution in [0.15, 0.2) is 54.6 Å². The molecule has 4 rings (SSSR count). The van der Waals surface area contributed by atoms with E-state index >= 15 is 4.39 Å². The minimum atomic E-state index is -0.977. The molecule has 0 aliphatic carbocycles. The highest BCUT2D eigenvalue weighted by Crippen LogP contribution is 2.40. The molecule has 0 amide bonds. The van der Waals surface area contributed by atoms with E-state index in [1.807, 2.05) is 6.07 Å². The van der Waals surface area contributed by atoms with Gasteiger partial charge in [0.1, 0.15) is 5.82 Å². The van der Waals surface area contributed by atoms with Gasteiger partial charge in [0.05, 0.1) is 17.3 Å². The molecule has 2 N–H and O–H groups in total. The number of anilines is 1. The molecule has 1 aliphatic rings.